The lowest BCUT2D eigenvalue weighted by molar-refractivity contribution is -0.137. The van der Waals surface area contributed by atoms with Crippen LogP contribution >= 0.6 is 0 Å². The van der Waals surface area contributed by atoms with E-state index >= 15 is 0 Å². The van der Waals surface area contributed by atoms with Crippen molar-refractivity contribution in [1.29, 1.82) is 0 Å². The van der Waals surface area contributed by atoms with Crippen molar-refractivity contribution in [3.8, 4) is 11.4 Å². The van der Waals surface area contributed by atoms with Crippen molar-refractivity contribution in [1.82, 2.24) is 24.8 Å². The molecule has 0 aliphatic carbocycles. The smallest absolute Gasteiger partial charge is 0.331 e. The third-order valence-corrected chi connectivity index (χ3v) is 6.56. The largest absolute Gasteiger partial charge is 0.417 e. The molecule has 3 aromatic rings. The molecule has 3 atom stereocenters. The fourth-order valence-electron chi connectivity index (χ4n) is 5.10. The number of aryl methyl sites for hydroxylation is 1. The van der Waals surface area contributed by atoms with E-state index in [4.69, 9.17) is 0 Å². The average molecular weight is 453 g/mol. The number of pyridine rings is 2. The first-order valence-electron chi connectivity index (χ1n) is 10.9. The number of fused-ring (bicyclic) bond motifs is 2. The normalized spacial score (nSPS) is 22.1. The van der Waals surface area contributed by atoms with Crippen molar-refractivity contribution < 1.29 is 18.0 Å². The number of halogens is 3. The molecule has 3 aromatic heterocycles. The van der Waals surface area contributed by atoms with Gasteiger partial charge < -0.3 is 4.90 Å². The highest BCUT2D eigenvalue weighted by Crippen LogP contribution is 2.44. The first-order chi connectivity index (χ1) is 15.8. The standard InChI is InChI=1S/C24H22F3N5O/c1-14-9-19(22-28-7-2-8-29-22)21(31-12-14)23(33)32-18-5-6-20(32)15(11-18)10-17-4-3-16(13-30-17)24(25,26)27/h2-4,7-9,12-13,15,18,20H,5-6,10-11H2,1H3. The zero-order valence-corrected chi connectivity index (χ0v) is 18.0. The van der Waals surface area contributed by atoms with Crippen LogP contribution in [-0.2, 0) is 12.6 Å². The maximum atomic E-state index is 13.6. The Kier molecular flexibility index (Phi) is 5.34. The summed E-state index contributed by atoms with van der Waals surface area (Å²) in [5, 5.41) is 0. The van der Waals surface area contributed by atoms with E-state index in [2.05, 4.69) is 19.9 Å². The van der Waals surface area contributed by atoms with Crippen LogP contribution in [-0.4, -0.2) is 42.8 Å². The van der Waals surface area contributed by atoms with Crippen molar-refractivity contribution in [3.63, 3.8) is 0 Å². The second-order valence-electron chi connectivity index (χ2n) is 8.73. The van der Waals surface area contributed by atoms with Crippen LogP contribution in [0.25, 0.3) is 11.4 Å². The number of carbonyl (C=O) groups is 1. The van der Waals surface area contributed by atoms with Crippen LogP contribution in [0.4, 0.5) is 13.2 Å². The molecule has 0 saturated carbocycles. The molecule has 2 aliphatic heterocycles. The number of amides is 1. The molecule has 2 fully saturated rings. The maximum absolute atomic E-state index is 13.6. The molecule has 1 amide bonds. The Morgan fingerprint density at radius 1 is 1.09 bits per heavy atom. The Balaban J connectivity index is 1.38. The minimum absolute atomic E-state index is 0.0132. The molecule has 2 aliphatic rings. The second kappa shape index (κ2) is 8.20. The van der Waals surface area contributed by atoms with E-state index in [0.29, 0.717) is 29.2 Å². The van der Waals surface area contributed by atoms with Crippen LogP contribution in [0.15, 0.2) is 49.1 Å². The van der Waals surface area contributed by atoms with Gasteiger partial charge in [0.2, 0.25) is 0 Å². The van der Waals surface area contributed by atoms with E-state index in [1.807, 2.05) is 17.9 Å². The highest BCUT2D eigenvalue weighted by Gasteiger charge is 2.49. The molecule has 5 rings (SSSR count). The Morgan fingerprint density at radius 3 is 2.58 bits per heavy atom. The molecule has 2 saturated heterocycles. The van der Waals surface area contributed by atoms with Gasteiger partial charge in [0.25, 0.3) is 5.91 Å². The summed E-state index contributed by atoms with van der Waals surface area (Å²) in [5.74, 6) is 0.459. The number of alkyl halides is 3. The van der Waals surface area contributed by atoms with Crippen molar-refractivity contribution in [3.05, 3.63) is 71.6 Å². The molecule has 170 valence electrons. The van der Waals surface area contributed by atoms with Gasteiger partial charge in [-0.2, -0.15) is 13.2 Å². The van der Waals surface area contributed by atoms with Crippen LogP contribution in [0, 0.1) is 12.8 Å². The lowest BCUT2D eigenvalue weighted by atomic mass is 9.86. The molecule has 3 unspecified atom stereocenters. The second-order valence-corrected chi connectivity index (χ2v) is 8.73. The quantitative estimate of drug-likeness (QED) is 0.582. The average Bonchev–Trinajstić information content (AvgIpc) is 3.37. The van der Waals surface area contributed by atoms with Gasteiger partial charge >= 0.3 is 6.18 Å². The zero-order chi connectivity index (χ0) is 23.2. The topological polar surface area (TPSA) is 71.9 Å². The van der Waals surface area contributed by atoms with E-state index in [-0.39, 0.29) is 23.9 Å². The number of hydrogen-bond acceptors (Lipinski definition) is 5. The summed E-state index contributed by atoms with van der Waals surface area (Å²) in [4.78, 5) is 32.6. The Bertz CT molecular complexity index is 1170. The predicted molar refractivity (Wildman–Crippen MR) is 114 cm³/mol. The van der Waals surface area contributed by atoms with Crippen LogP contribution in [0.2, 0.25) is 0 Å². The summed E-state index contributed by atoms with van der Waals surface area (Å²) in [5.41, 5.74) is 1.70. The van der Waals surface area contributed by atoms with Crippen molar-refractivity contribution in [2.45, 2.75) is 50.9 Å². The minimum Gasteiger partial charge on any atom is -0.331 e. The number of hydrogen-bond donors (Lipinski definition) is 0. The molecule has 0 N–H and O–H groups in total. The van der Waals surface area contributed by atoms with Gasteiger partial charge in [-0.15, -0.1) is 0 Å². The van der Waals surface area contributed by atoms with E-state index < -0.39 is 11.7 Å². The monoisotopic (exact) mass is 453 g/mol. The maximum Gasteiger partial charge on any atom is 0.417 e. The number of aromatic nitrogens is 4. The molecule has 5 heterocycles. The fourth-order valence-corrected chi connectivity index (χ4v) is 5.10. The predicted octanol–water partition coefficient (Wildman–Crippen LogP) is 4.50. The first kappa shape index (κ1) is 21.5. The van der Waals surface area contributed by atoms with E-state index in [1.54, 1.807) is 24.7 Å². The molecule has 6 nitrogen and oxygen atoms in total. The summed E-state index contributed by atoms with van der Waals surface area (Å²) in [6.07, 6.45) is 4.54. The van der Waals surface area contributed by atoms with E-state index in [0.717, 1.165) is 37.1 Å². The molecular formula is C24H22F3N5O. The van der Waals surface area contributed by atoms with Gasteiger partial charge in [-0.1, -0.05) is 0 Å². The molecule has 9 heteroatoms. The van der Waals surface area contributed by atoms with Gasteiger partial charge in [-0.05, 0) is 68.4 Å². The van der Waals surface area contributed by atoms with Crippen molar-refractivity contribution in [2.75, 3.05) is 0 Å². The zero-order valence-electron chi connectivity index (χ0n) is 18.0. The van der Waals surface area contributed by atoms with Crippen LogP contribution < -0.4 is 0 Å². The fraction of sp³-hybridized carbons (Fsp3) is 0.375. The highest BCUT2D eigenvalue weighted by molar-refractivity contribution is 5.99. The molecule has 0 radical (unpaired) electrons. The summed E-state index contributed by atoms with van der Waals surface area (Å²) in [7, 11) is 0. The van der Waals surface area contributed by atoms with Gasteiger partial charge in [-0.3, -0.25) is 14.8 Å². The first-order valence-corrected chi connectivity index (χ1v) is 10.9. The highest BCUT2D eigenvalue weighted by atomic mass is 19.4. The van der Waals surface area contributed by atoms with Crippen molar-refractivity contribution >= 4 is 5.91 Å². The third-order valence-electron chi connectivity index (χ3n) is 6.56. The lowest BCUT2D eigenvalue weighted by Gasteiger charge is -2.25. The molecule has 0 spiro atoms. The third kappa shape index (κ3) is 4.07. The van der Waals surface area contributed by atoms with Crippen LogP contribution in [0.5, 0.6) is 0 Å². The van der Waals surface area contributed by atoms with E-state index in [1.165, 1.54) is 6.07 Å². The van der Waals surface area contributed by atoms with Gasteiger partial charge in [0.1, 0.15) is 5.69 Å². The Labute approximate surface area is 188 Å². The van der Waals surface area contributed by atoms with Gasteiger partial charge in [-0.25, -0.2) is 9.97 Å². The van der Waals surface area contributed by atoms with Gasteiger partial charge in [0.15, 0.2) is 5.82 Å². The summed E-state index contributed by atoms with van der Waals surface area (Å²) in [6, 6.07) is 6.20. The van der Waals surface area contributed by atoms with E-state index in [9.17, 15) is 18.0 Å². The molecule has 2 bridgehead atoms. The number of carbonyl (C=O) groups excluding carboxylic acids is 1. The number of rotatable bonds is 4. The van der Waals surface area contributed by atoms with Crippen LogP contribution in [0.1, 0.15) is 46.6 Å². The summed E-state index contributed by atoms with van der Waals surface area (Å²) < 4.78 is 38.5. The minimum atomic E-state index is -4.40. The van der Waals surface area contributed by atoms with Crippen LogP contribution in [0.3, 0.4) is 0 Å². The molecule has 33 heavy (non-hydrogen) atoms. The molecular weight excluding hydrogens is 431 g/mol. The SMILES string of the molecule is Cc1cnc(C(=O)N2C3CCC2C(Cc2ccc(C(F)(F)F)cn2)C3)c(-c2ncccn2)c1. The van der Waals surface area contributed by atoms with Gasteiger partial charge in [0.05, 0.1) is 11.1 Å². The Morgan fingerprint density at radius 2 is 1.88 bits per heavy atom. The lowest BCUT2D eigenvalue weighted by Crippen LogP contribution is -2.37. The number of nitrogens with zero attached hydrogens (tertiary/aromatic N) is 5. The molecule has 0 aromatic carbocycles. The van der Waals surface area contributed by atoms with Gasteiger partial charge in [0, 0.05) is 42.6 Å². The van der Waals surface area contributed by atoms with Crippen molar-refractivity contribution in [2.24, 2.45) is 5.92 Å². The summed E-state index contributed by atoms with van der Waals surface area (Å²) in [6.45, 7) is 1.90. The summed E-state index contributed by atoms with van der Waals surface area (Å²) >= 11 is 0. The Hall–Kier alpha value is -3.36.